The molecule has 1 heterocycles. The average molecular weight is 200 g/mol. The largest absolute Gasteiger partial charge is 0.376 e. The molecular formula is C11H20O3. The van der Waals surface area contributed by atoms with Crippen molar-refractivity contribution in [3.63, 3.8) is 0 Å². The Bertz CT molecular complexity index is 173. The van der Waals surface area contributed by atoms with E-state index < -0.39 is 0 Å². The molecule has 0 N–H and O–H groups in total. The van der Waals surface area contributed by atoms with Gasteiger partial charge in [-0.1, -0.05) is 19.8 Å². The monoisotopic (exact) mass is 200 g/mol. The Balaban J connectivity index is 2.43. The number of unbranched alkanes of at least 4 members (excludes halogenated alkanes) is 1. The van der Waals surface area contributed by atoms with Gasteiger partial charge in [0.1, 0.15) is 5.78 Å². The maximum Gasteiger partial charge on any atom is 0.135 e. The highest BCUT2D eigenvalue weighted by molar-refractivity contribution is 5.78. The third-order valence-electron chi connectivity index (χ3n) is 2.68. The maximum absolute atomic E-state index is 11.4. The molecule has 1 aliphatic rings. The minimum absolute atomic E-state index is 0.00667. The normalized spacial score (nSPS) is 24.6. The van der Waals surface area contributed by atoms with E-state index in [1.54, 1.807) is 6.92 Å². The predicted octanol–water partition coefficient (Wildman–Crippen LogP) is 1.80. The van der Waals surface area contributed by atoms with E-state index in [0.29, 0.717) is 19.8 Å². The standard InChI is InChI=1S/C11H20O3/c1-3-4-5-10(9(2)12)11-8-13-6-7-14-11/h10-11H,3-8H2,1-2H3. The second kappa shape index (κ2) is 6.14. The molecule has 0 saturated carbocycles. The van der Waals surface area contributed by atoms with Gasteiger partial charge in [-0.15, -0.1) is 0 Å². The van der Waals surface area contributed by atoms with Crippen LogP contribution in [0.1, 0.15) is 33.1 Å². The van der Waals surface area contributed by atoms with Crippen LogP contribution in [0, 0.1) is 5.92 Å². The second-order valence-electron chi connectivity index (χ2n) is 3.84. The van der Waals surface area contributed by atoms with Crippen LogP contribution in [-0.4, -0.2) is 31.7 Å². The number of carbonyl (C=O) groups excluding carboxylic acids is 1. The molecule has 1 aliphatic heterocycles. The smallest absolute Gasteiger partial charge is 0.135 e. The van der Waals surface area contributed by atoms with Crippen molar-refractivity contribution in [1.82, 2.24) is 0 Å². The van der Waals surface area contributed by atoms with E-state index in [1.807, 2.05) is 0 Å². The van der Waals surface area contributed by atoms with Crippen LogP contribution in [-0.2, 0) is 14.3 Å². The zero-order valence-corrected chi connectivity index (χ0v) is 9.12. The van der Waals surface area contributed by atoms with Gasteiger partial charge >= 0.3 is 0 Å². The van der Waals surface area contributed by atoms with Crippen molar-refractivity contribution >= 4 is 5.78 Å². The van der Waals surface area contributed by atoms with E-state index in [2.05, 4.69) is 6.92 Å². The van der Waals surface area contributed by atoms with Crippen LogP contribution in [0.3, 0.4) is 0 Å². The number of ketones is 1. The first kappa shape index (κ1) is 11.7. The van der Waals surface area contributed by atoms with Crippen LogP contribution in [0.2, 0.25) is 0 Å². The lowest BCUT2D eigenvalue weighted by atomic mass is 9.92. The van der Waals surface area contributed by atoms with Gasteiger partial charge in [0.2, 0.25) is 0 Å². The lowest BCUT2D eigenvalue weighted by molar-refractivity contribution is -0.140. The van der Waals surface area contributed by atoms with Crippen molar-refractivity contribution < 1.29 is 14.3 Å². The number of rotatable bonds is 5. The van der Waals surface area contributed by atoms with Gasteiger partial charge in [-0.3, -0.25) is 4.79 Å². The number of carbonyl (C=O) groups is 1. The molecule has 3 nitrogen and oxygen atoms in total. The van der Waals surface area contributed by atoms with Crippen molar-refractivity contribution in [2.24, 2.45) is 5.92 Å². The number of hydrogen-bond donors (Lipinski definition) is 0. The Morgan fingerprint density at radius 2 is 2.29 bits per heavy atom. The van der Waals surface area contributed by atoms with E-state index in [4.69, 9.17) is 9.47 Å². The highest BCUT2D eigenvalue weighted by atomic mass is 16.6. The van der Waals surface area contributed by atoms with Gasteiger partial charge in [0.05, 0.1) is 25.9 Å². The quantitative estimate of drug-likeness (QED) is 0.678. The summed E-state index contributed by atoms with van der Waals surface area (Å²) in [6, 6.07) is 0. The molecule has 2 unspecified atom stereocenters. The van der Waals surface area contributed by atoms with Gasteiger partial charge in [0.25, 0.3) is 0 Å². The van der Waals surface area contributed by atoms with Gasteiger partial charge in [-0.2, -0.15) is 0 Å². The molecular weight excluding hydrogens is 180 g/mol. The molecule has 0 radical (unpaired) electrons. The summed E-state index contributed by atoms with van der Waals surface area (Å²) in [5.41, 5.74) is 0. The molecule has 0 bridgehead atoms. The van der Waals surface area contributed by atoms with Crippen molar-refractivity contribution in [2.75, 3.05) is 19.8 Å². The molecule has 0 aromatic carbocycles. The fourth-order valence-electron chi connectivity index (χ4n) is 1.81. The first-order chi connectivity index (χ1) is 6.75. The van der Waals surface area contributed by atoms with Crippen molar-refractivity contribution in [3.8, 4) is 0 Å². The Labute approximate surface area is 85.8 Å². The van der Waals surface area contributed by atoms with Crippen LogP contribution in [0.5, 0.6) is 0 Å². The van der Waals surface area contributed by atoms with E-state index in [1.165, 1.54) is 0 Å². The Hall–Kier alpha value is -0.410. The van der Waals surface area contributed by atoms with Gasteiger partial charge in [0, 0.05) is 5.92 Å². The average Bonchev–Trinajstić information content (AvgIpc) is 2.19. The third-order valence-corrected chi connectivity index (χ3v) is 2.68. The summed E-state index contributed by atoms with van der Waals surface area (Å²) in [4.78, 5) is 11.4. The van der Waals surface area contributed by atoms with Crippen LogP contribution >= 0.6 is 0 Å². The summed E-state index contributed by atoms with van der Waals surface area (Å²) < 4.78 is 10.9. The van der Waals surface area contributed by atoms with E-state index in [0.717, 1.165) is 19.3 Å². The first-order valence-electron chi connectivity index (χ1n) is 5.45. The van der Waals surface area contributed by atoms with Crippen molar-refractivity contribution in [2.45, 2.75) is 39.2 Å². The van der Waals surface area contributed by atoms with E-state index >= 15 is 0 Å². The first-order valence-corrected chi connectivity index (χ1v) is 5.45. The minimum atomic E-state index is -0.00667. The molecule has 1 rings (SSSR count). The van der Waals surface area contributed by atoms with E-state index in [-0.39, 0.29) is 17.8 Å². The highest BCUT2D eigenvalue weighted by Gasteiger charge is 2.27. The third kappa shape index (κ3) is 3.39. The molecule has 3 heteroatoms. The summed E-state index contributed by atoms with van der Waals surface area (Å²) >= 11 is 0. The SMILES string of the molecule is CCCCC(C(C)=O)C1COCCO1. The van der Waals surface area contributed by atoms with Gasteiger partial charge in [-0.05, 0) is 13.3 Å². The molecule has 0 spiro atoms. The van der Waals surface area contributed by atoms with Crippen LogP contribution in [0.15, 0.2) is 0 Å². The fraction of sp³-hybridized carbons (Fsp3) is 0.909. The van der Waals surface area contributed by atoms with Gasteiger partial charge < -0.3 is 9.47 Å². The molecule has 0 aliphatic carbocycles. The lowest BCUT2D eigenvalue weighted by Crippen LogP contribution is -2.38. The highest BCUT2D eigenvalue weighted by Crippen LogP contribution is 2.19. The lowest BCUT2D eigenvalue weighted by Gasteiger charge is -2.28. The molecule has 1 fully saturated rings. The zero-order valence-electron chi connectivity index (χ0n) is 9.12. The molecule has 82 valence electrons. The predicted molar refractivity (Wildman–Crippen MR) is 54.3 cm³/mol. The molecule has 2 atom stereocenters. The van der Waals surface area contributed by atoms with Crippen molar-refractivity contribution in [1.29, 1.82) is 0 Å². The Kier molecular flexibility index (Phi) is 5.12. The van der Waals surface area contributed by atoms with Gasteiger partial charge in [0.15, 0.2) is 0 Å². The van der Waals surface area contributed by atoms with Crippen LogP contribution in [0.4, 0.5) is 0 Å². The molecule has 14 heavy (non-hydrogen) atoms. The molecule has 0 aromatic rings. The number of hydrogen-bond acceptors (Lipinski definition) is 3. The second-order valence-corrected chi connectivity index (χ2v) is 3.84. The van der Waals surface area contributed by atoms with Crippen molar-refractivity contribution in [3.05, 3.63) is 0 Å². The summed E-state index contributed by atoms with van der Waals surface area (Å²) in [6.07, 6.45) is 3.13. The fourth-order valence-corrected chi connectivity index (χ4v) is 1.81. The van der Waals surface area contributed by atoms with Crippen LogP contribution < -0.4 is 0 Å². The number of Topliss-reactive ketones (excluding diaryl/α,β-unsaturated/α-hetero) is 1. The zero-order chi connectivity index (χ0) is 10.4. The Morgan fingerprint density at radius 3 is 2.79 bits per heavy atom. The van der Waals surface area contributed by atoms with Crippen LogP contribution in [0.25, 0.3) is 0 Å². The summed E-state index contributed by atoms with van der Waals surface area (Å²) in [6.45, 7) is 5.65. The summed E-state index contributed by atoms with van der Waals surface area (Å²) in [7, 11) is 0. The molecule has 1 saturated heterocycles. The summed E-state index contributed by atoms with van der Waals surface area (Å²) in [5.74, 6) is 0.268. The molecule has 0 amide bonds. The number of ether oxygens (including phenoxy) is 2. The van der Waals surface area contributed by atoms with Gasteiger partial charge in [-0.25, -0.2) is 0 Å². The summed E-state index contributed by atoms with van der Waals surface area (Å²) in [5, 5.41) is 0. The topological polar surface area (TPSA) is 35.5 Å². The maximum atomic E-state index is 11.4. The molecule has 0 aromatic heterocycles. The minimum Gasteiger partial charge on any atom is -0.376 e. The van der Waals surface area contributed by atoms with E-state index in [9.17, 15) is 4.79 Å². The Morgan fingerprint density at radius 1 is 1.50 bits per heavy atom.